The number of rotatable bonds is 7. The Bertz CT molecular complexity index is 722. The molecule has 0 bridgehead atoms. The number of carbonyl (C=O) groups is 2. The summed E-state index contributed by atoms with van der Waals surface area (Å²) in [5.41, 5.74) is 1.67. The van der Waals surface area contributed by atoms with E-state index in [-0.39, 0.29) is 18.1 Å². The maximum Gasteiger partial charge on any atom is 0.354 e. The number of amides is 1. The molecule has 23 heavy (non-hydrogen) atoms. The molecule has 2 rings (SSSR count). The summed E-state index contributed by atoms with van der Waals surface area (Å²) < 4.78 is 2.96. The van der Waals surface area contributed by atoms with E-state index in [2.05, 4.69) is 15.5 Å². The second-order valence-corrected chi connectivity index (χ2v) is 5.47. The lowest BCUT2D eigenvalue weighted by atomic mass is 10.3. The third-order valence-corrected chi connectivity index (χ3v) is 3.94. The van der Waals surface area contributed by atoms with Gasteiger partial charge >= 0.3 is 5.97 Å². The summed E-state index contributed by atoms with van der Waals surface area (Å²) in [6, 6.07) is 1.35. The van der Waals surface area contributed by atoms with E-state index in [1.165, 1.54) is 12.3 Å². The first-order chi connectivity index (χ1) is 10.9. The van der Waals surface area contributed by atoms with Crippen LogP contribution >= 0.6 is 11.6 Å². The van der Waals surface area contributed by atoms with Gasteiger partial charge in [0.15, 0.2) is 0 Å². The van der Waals surface area contributed by atoms with Crippen LogP contribution in [0.25, 0.3) is 0 Å². The van der Waals surface area contributed by atoms with Crippen LogP contribution in [0.15, 0.2) is 12.3 Å². The van der Waals surface area contributed by atoms with Crippen molar-refractivity contribution in [2.75, 3.05) is 6.54 Å². The zero-order chi connectivity index (χ0) is 17.0. The van der Waals surface area contributed by atoms with Gasteiger partial charge in [-0.1, -0.05) is 11.6 Å². The van der Waals surface area contributed by atoms with Crippen molar-refractivity contribution in [2.45, 2.75) is 33.4 Å². The number of hydrogen-bond acceptors (Lipinski definition) is 4. The van der Waals surface area contributed by atoms with Gasteiger partial charge in [0, 0.05) is 19.3 Å². The monoisotopic (exact) mass is 339 g/mol. The molecule has 0 saturated heterocycles. The summed E-state index contributed by atoms with van der Waals surface area (Å²) in [6.07, 6.45) is 2.04. The predicted molar refractivity (Wildman–Crippen MR) is 83.5 cm³/mol. The summed E-state index contributed by atoms with van der Waals surface area (Å²) in [5.74, 6) is -1.40. The molecule has 0 fully saturated rings. The van der Waals surface area contributed by atoms with Crippen molar-refractivity contribution in [1.29, 1.82) is 0 Å². The number of carboxylic acid groups (broad SMARTS) is 1. The zero-order valence-electron chi connectivity index (χ0n) is 12.9. The number of aromatic nitrogens is 4. The van der Waals surface area contributed by atoms with Gasteiger partial charge in [-0.15, -0.1) is 0 Å². The number of nitrogens with zero attached hydrogens (tertiary/aromatic N) is 4. The normalized spacial score (nSPS) is 10.7. The Morgan fingerprint density at radius 3 is 2.70 bits per heavy atom. The first-order valence-corrected chi connectivity index (χ1v) is 7.49. The third kappa shape index (κ3) is 4.10. The molecule has 2 N–H and O–H groups in total. The van der Waals surface area contributed by atoms with Crippen LogP contribution in [0.5, 0.6) is 0 Å². The molecule has 1 amide bonds. The molecule has 0 unspecified atom stereocenters. The lowest BCUT2D eigenvalue weighted by molar-refractivity contribution is -0.121. The minimum Gasteiger partial charge on any atom is -0.477 e. The van der Waals surface area contributed by atoms with Crippen molar-refractivity contribution in [3.8, 4) is 0 Å². The minimum atomic E-state index is -1.11. The first-order valence-electron chi connectivity index (χ1n) is 7.11. The van der Waals surface area contributed by atoms with Crippen molar-refractivity contribution >= 4 is 23.5 Å². The highest BCUT2D eigenvalue weighted by molar-refractivity contribution is 6.31. The van der Waals surface area contributed by atoms with E-state index in [1.54, 1.807) is 4.68 Å². The second kappa shape index (κ2) is 7.28. The van der Waals surface area contributed by atoms with E-state index < -0.39 is 5.97 Å². The zero-order valence-corrected chi connectivity index (χ0v) is 13.7. The molecule has 9 heteroatoms. The average molecular weight is 340 g/mol. The molecule has 0 atom stereocenters. The van der Waals surface area contributed by atoms with Gasteiger partial charge in [-0.25, -0.2) is 9.48 Å². The Morgan fingerprint density at radius 2 is 2.09 bits per heavy atom. The van der Waals surface area contributed by atoms with Gasteiger partial charge < -0.3 is 10.4 Å². The van der Waals surface area contributed by atoms with E-state index >= 15 is 0 Å². The van der Waals surface area contributed by atoms with Crippen LogP contribution in [0, 0.1) is 13.8 Å². The number of carbonyl (C=O) groups excluding carboxylic acids is 1. The largest absolute Gasteiger partial charge is 0.477 e. The Morgan fingerprint density at radius 1 is 1.35 bits per heavy atom. The number of aryl methyl sites for hydroxylation is 2. The van der Waals surface area contributed by atoms with Gasteiger partial charge in [-0.05, 0) is 26.3 Å². The molecular weight excluding hydrogens is 322 g/mol. The topological polar surface area (TPSA) is 102 Å². The quantitative estimate of drug-likeness (QED) is 0.739. The molecule has 0 saturated carbocycles. The molecule has 0 aliphatic rings. The SMILES string of the molecule is Cc1nn(CCCNC(=O)Cn2nccc2C(=O)O)c(C)c1Cl. The maximum absolute atomic E-state index is 11.8. The van der Waals surface area contributed by atoms with Crippen LogP contribution in [0.2, 0.25) is 5.02 Å². The Balaban J connectivity index is 1.78. The lowest BCUT2D eigenvalue weighted by Crippen LogP contribution is -2.30. The summed E-state index contributed by atoms with van der Waals surface area (Å²) in [6.45, 7) is 4.71. The fourth-order valence-corrected chi connectivity index (χ4v) is 2.32. The molecule has 8 nitrogen and oxygen atoms in total. The van der Waals surface area contributed by atoms with Crippen LogP contribution < -0.4 is 5.32 Å². The molecular formula is C14H18ClN5O3. The maximum atomic E-state index is 11.8. The van der Waals surface area contributed by atoms with Gasteiger partial charge in [0.2, 0.25) is 5.91 Å². The van der Waals surface area contributed by atoms with Crippen molar-refractivity contribution in [3.63, 3.8) is 0 Å². The van der Waals surface area contributed by atoms with Gasteiger partial charge in [-0.2, -0.15) is 10.2 Å². The fraction of sp³-hybridized carbons (Fsp3) is 0.429. The van der Waals surface area contributed by atoms with Crippen LogP contribution in [-0.2, 0) is 17.9 Å². The highest BCUT2D eigenvalue weighted by atomic mass is 35.5. The molecule has 0 radical (unpaired) electrons. The molecule has 0 spiro atoms. The fourth-order valence-electron chi connectivity index (χ4n) is 2.18. The van der Waals surface area contributed by atoms with E-state index in [0.29, 0.717) is 24.5 Å². The first kappa shape index (κ1) is 17.0. The van der Waals surface area contributed by atoms with E-state index in [1.807, 2.05) is 13.8 Å². The number of halogens is 1. The summed E-state index contributed by atoms with van der Waals surface area (Å²) >= 11 is 6.07. The highest BCUT2D eigenvalue weighted by Crippen LogP contribution is 2.18. The van der Waals surface area contributed by atoms with Crippen molar-refractivity contribution in [3.05, 3.63) is 34.4 Å². The summed E-state index contributed by atoms with van der Waals surface area (Å²) in [5, 5.41) is 20.5. The number of aromatic carboxylic acids is 1. The summed E-state index contributed by atoms with van der Waals surface area (Å²) in [4.78, 5) is 22.7. The number of hydrogen-bond donors (Lipinski definition) is 2. The van der Waals surface area contributed by atoms with Gasteiger partial charge in [0.1, 0.15) is 12.2 Å². The van der Waals surface area contributed by atoms with E-state index in [9.17, 15) is 9.59 Å². The van der Waals surface area contributed by atoms with Crippen molar-refractivity contribution < 1.29 is 14.7 Å². The van der Waals surface area contributed by atoms with Gasteiger partial charge in [0.25, 0.3) is 0 Å². The van der Waals surface area contributed by atoms with Crippen LogP contribution in [0.3, 0.4) is 0 Å². The molecule has 0 aliphatic heterocycles. The van der Waals surface area contributed by atoms with Crippen molar-refractivity contribution in [2.24, 2.45) is 0 Å². The Hall–Kier alpha value is -2.35. The van der Waals surface area contributed by atoms with Crippen LogP contribution in [-0.4, -0.2) is 43.1 Å². The van der Waals surface area contributed by atoms with E-state index in [0.717, 1.165) is 16.1 Å². The molecule has 2 heterocycles. The van der Waals surface area contributed by atoms with Crippen molar-refractivity contribution in [1.82, 2.24) is 24.9 Å². The standard InChI is InChI=1S/C14H18ClN5O3/c1-9-13(15)10(2)19(18-9)7-3-5-16-12(21)8-20-11(14(22)23)4-6-17-20/h4,6H,3,5,7-8H2,1-2H3,(H,16,21)(H,22,23). The Labute approximate surface area is 138 Å². The number of nitrogens with one attached hydrogen (secondary N) is 1. The molecule has 0 aromatic carbocycles. The van der Waals surface area contributed by atoms with Crippen LogP contribution in [0.1, 0.15) is 28.3 Å². The second-order valence-electron chi connectivity index (χ2n) is 5.09. The predicted octanol–water partition coefficient (Wildman–Crippen LogP) is 1.25. The lowest BCUT2D eigenvalue weighted by Gasteiger charge is -2.08. The molecule has 124 valence electrons. The number of carboxylic acids is 1. The minimum absolute atomic E-state index is 0.0163. The highest BCUT2D eigenvalue weighted by Gasteiger charge is 2.13. The Kier molecular flexibility index (Phi) is 5.38. The third-order valence-electron chi connectivity index (χ3n) is 3.39. The van der Waals surface area contributed by atoms with Gasteiger partial charge in [0.05, 0.1) is 16.4 Å². The smallest absolute Gasteiger partial charge is 0.354 e. The molecule has 2 aromatic rings. The molecule has 2 aromatic heterocycles. The van der Waals surface area contributed by atoms with Crippen LogP contribution in [0.4, 0.5) is 0 Å². The average Bonchev–Trinajstić information content (AvgIpc) is 3.05. The summed E-state index contributed by atoms with van der Waals surface area (Å²) in [7, 11) is 0. The van der Waals surface area contributed by atoms with Gasteiger partial charge in [-0.3, -0.25) is 9.48 Å². The van der Waals surface area contributed by atoms with E-state index in [4.69, 9.17) is 16.7 Å². The molecule has 0 aliphatic carbocycles.